The summed E-state index contributed by atoms with van der Waals surface area (Å²) in [4.78, 5) is 0. The molecule has 2 heteroatoms. The van der Waals surface area contributed by atoms with Crippen molar-refractivity contribution in [3.63, 3.8) is 0 Å². The fourth-order valence-corrected chi connectivity index (χ4v) is 1.83. The normalized spacial score (nSPS) is 10.1. The molecule has 1 aromatic carbocycles. The second-order valence-electron chi connectivity index (χ2n) is 3.39. The summed E-state index contributed by atoms with van der Waals surface area (Å²) in [5, 5.41) is 1.27. The van der Waals surface area contributed by atoms with Crippen molar-refractivity contribution in [1.82, 2.24) is 0 Å². The fraction of sp³-hybridized carbons (Fsp3) is 0. The van der Waals surface area contributed by atoms with Crippen molar-refractivity contribution in [2.75, 3.05) is 0 Å². The van der Waals surface area contributed by atoms with Gasteiger partial charge >= 0.3 is 0 Å². The molecular weight excluding hydrogens is 206 g/mol. The van der Waals surface area contributed by atoms with E-state index in [1.165, 1.54) is 16.4 Å². The van der Waals surface area contributed by atoms with Crippen molar-refractivity contribution in [1.29, 1.82) is 0 Å². The molecule has 2 heterocycles. The molecule has 0 radical (unpaired) electrons. The lowest BCUT2D eigenvalue weighted by Crippen LogP contribution is -3.00. The minimum Gasteiger partial charge on any atom is -1.00 e. The summed E-state index contributed by atoms with van der Waals surface area (Å²) >= 11 is 0. The standard InChI is InChI=1S/C13H10N.ClH/c1-2-7-13-11(5-1)8-9-12-6-3-4-10-14(12)13;/h1-10H;1H/q+1;/p-1. The van der Waals surface area contributed by atoms with Gasteiger partial charge in [0.2, 0.25) is 11.0 Å². The number of aromatic nitrogens is 1. The molecule has 0 N–H and O–H groups in total. The molecule has 15 heavy (non-hydrogen) atoms. The van der Waals surface area contributed by atoms with E-state index in [4.69, 9.17) is 0 Å². The molecule has 3 aromatic rings. The summed E-state index contributed by atoms with van der Waals surface area (Å²) in [7, 11) is 0. The van der Waals surface area contributed by atoms with Gasteiger partial charge in [0.1, 0.15) is 0 Å². The largest absolute Gasteiger partial charge is 1.00 e. The second-order valence-corrected chi connectivity index (χ2v) is 3.39. The van der Waals surface area contributed by atoms with E-state index in [1.54, 1.807) is 0 Å². The Morgan fingerprint density at radius 3 is 2.47 bits per heavy atom. The molecule has 0 aliphatic rings. The Morgan fingerprint density at radius 1 is 0.733 bits per heavy atom. The van der Waals surface area contributed by atoms with E-state index in [9.17, 15) is 0 Å². The molecule has 0 aliphatic carbocycles. The van der Waals surface area contributed by atoms with Crippen LogP contribution in [0.4, 0.5) is 0 Å². The average Bonchev–Trinajstić information content (AvgIpc) is 2.29. The monoisotopic (exact) mass is 215 g/mol. The number of para-hydroxylation sites is 1. The summed E-state index contributed by atoms with van der Waals surface area (Å²) in [6, 6.07) is 18.9. The van der Waals surface area contributed by atoms with E-state index in [1.807, 2.05) is 0 Å². The van der Waals surface area contributed by atoms with Crippen molar-refractivity contribution in [3.8, 4) is 0 Å². The zero-order valence-electron chi connectivity index (χ0n) is 8.10. The Kier molecular flexibility index (Phi) is 2.57. The van der Waals surface area contributed by atoms with Gasteiger partial charge in [-0.25, -0.2) is 0 Å². The first-order valence-electron chi connectivity index (χ1n) is 4.73. The summed E-state index contributed by atoms with van der Waals surface area (Å²) in [5.74, 6) is 0. The Morgan fingerprint density at radius 2 is 1.53 bits per heavy atom. The molecule has 0 saturated carbocycles. The first-order valence-corrected chi connectivity index (χ1v) is 4.73. The summed E-state index contributed by atoms with van der Waals surface area (Å²) < 4.78 is 2.20. The van der Waals surface area contributed by atoms with Crippen LogP contribution in [0, 0.1) is 0 Å². The topological polar surface area (TPSA) is 4.10 Å². The maximum Gasteiger partial charge on any atom is 0.218 e. The third-order valence-corrected chi connectivity index (χ3v) is 2.52. The molecule has 2 aromatic heterocycles. The zero-order chi connectivity index (χ0) is 9.38. The smallest absolute Gasteiger partial charge is 0.218 e. The van der Waals surface area contributed by atoms with E-state index < -0.39 is 0 Å². The lowest BCUT2D eigenvalue weighted by Gasteiger charge is -1.95. The summed E-state index contributed by atoms with van der Waals surface area (Å²) in [6.07, 6.45) is 2.09. The third-order valence-electron chi connectivity index (χ3n) is 2.52. The third kappa shape index (κ3) is 1.55. The van der Waals surface area contributed by atoms with Gasteiger partial charge in [-0.1, -0.05) is 12.1 Å². The van der Waals surface area contributed by atoms with Crippen LogP contribution in [0.5, 0.6) is 0 Å². The first-order chi connectivity index (χ1) is 6.95. The maximum absolute atomic E-state index is 2.20. The van der Waals surface area contributed by atoms with Crippen LogP contribution in [0.25, 0.3) is 16.4 Å². The molecule has 1 nitrogen and oxygen atoms in total. The minimum absolute atomic E-state index is 0. The number of benzene rings is 1. The highest BCUT2D eigenvalue weighted by Crippen LogP contribution is 2.10. The van der Waals surface area contributed by atoms with Crippen molar-refractivity contribution in [2.45, 2.75) is 0 Å². The quantitative estimate of drug-likeness (QED) is 0.355. The highest BCUT2D eigenvalue weighted by molar-refractivity contribution is 5.77. The van der Waals surface area contributed by atoms with Gasteiger partial charge in [0.15, 0.2) is 6.20 Å². The number of halogens is 1. The van der Waals surface area contributed by atoms with Crippen LogP contribution in [-0.4, -0.2) is 0 Å². The van der Waals surface area contributed by atoms with Gasteiger partial charge in [0.05, 0.1) is 0 Å². The van der Waals surface area contributed by atoms with Crippen LogP contribution < -0.4 is 16.8 Å². The second kappa shape index (κ2) is 3.87. The Labute approximate surface area is 94.4 Å². The molecule has 0 fully saturated rings. The van der Waals surface area contributed by atoms with Crippen LogP contribution in [0.1, 0.15) is 0 Å². The van der Waals surface area contributed by atoms with E-state index >= 15 is 0 Å². The highest BCUT2D eigenvalue weighted by atomic mass is 35.5. The predicted molar refractivity (Wildman–Crippen MR) is 57.1 cm³/mol. The molecule has 0 amide bonds. The summed E-state index contributed by atoms with van der Waals surface area (Å²) in [6.45, 7) is 0. The van der Waals surface area contributed by atoms with Crippen LogP contribution in [0.3, 0.4) is 0 Å². The van der Waals surface area contributed by atoms with Crippen molar-refractivity contribution in [3.05, 3.63) is 60.8 Å². The van der Waals surface area contributed by atoms with Crippen LogP contribution in [0.15, 0.2) is 60.8 Å². The van der Waals surface area contributed by atoms with Crippen molar-refractivity contribution >= 4 is 16.4 Å². The van der Waals surface area contributed by atoms with E-state index in [0.717, 1.165) is 0 Å². The molecule has 0 spiro atoms. The van der Waals surface area contributed by atoms with E-state index in [0.29, 0.717) is 0 Å². The fourth-order valence-electron chi connectivity index (χ4n) is 1.83. The first kappa shape index (κ1) is 9.94. The molecule has 0 atom stereocenters. The van der Waals surface area contributed by atoms with Gasteiger partial charge in [-0.3, -0.25) is 0 Å². The van der Waals surface area contributed by atoms with Crippen LogP contribution >= 0.6 is 0 Å². The van der Waals surface area contributed by atoms with E-state index in [2.05, 4.69) is 65.2 Å². The zero-order valence-corrected chi connectivity index (χ0v) is 8.85. The number of hydrogen-bond donors (Lipinski definition) is 0. The molecule has 0 saturated heterocycles. The average molecular weight is 216 g/mol. The number of nitrogens with zero attached hydrogens (tertiary/aromatic N) is 1. The SMILES string of the molecule is [Cl-].c1ccc2c(c1)ccc1cccc[n+]12. The lowest BCUT2D eigenvalue weighted by atomic mass is 10.2. The summed E-state index contributed by atoms with van der Waals surface area (Å²) in [5.41, 5.74) is 2.48. The number of rotatable bonds is 0. The van der Waals surface area contributed by atoms with E-state index in [-0.39, 0.29) is 12.4 Å². The Bertz CT molecular complexity index is 550. The van der Waals surface area contributed by atoms with Gasteiger partial charge in [-0.15, -0.1) is 0 Å². The minimum atomic E-state index is 0. The molecular formula is C13H10ClN. The van der Waals surface area contributed by atoms with Crippen LogP contribution in [0.2, 0.25) is 0 Å². The van der Waals surface area contributed by atoms with Gasteiger partial charge < -0.3 is 12.4 Å². The molecule has 3 rings (SSSR count). The number of pyridine rings is 2. The van der Waals surface area contributed by atoms with Gasteiger partial charge in [0, 0.05) is 29.7 Å². The lowest BCUT2D eigenvalue weighted by molar-refractivity contribution is -0.481. The highest BCUT2D eigenvalue weighted by Gasteiger charge is 2.05. The molecule has 0 unspecified atom stereocenters. The van der Waals surface area contributed by atoms with Crippen molar-refractivity contribution < 1.29 is 16.8 Å². The number of hydrogen-bond acceptors (Lipinski definition) is 0. The van der Waals surface area contributed by atoms with Gasteiger partial charge in [-0.05, 0) is 18.2 Å². The van der Waals surface area contributed by atoms with Gasteiger partial charge in [0.25, 0.3) is 0 Å². The van der Waals surface area contributed by atoms with Crippen molar-refractivity contribution in [2.24, 2.45) is 0 Å². The van der Waals surface area contributed by atoms with Crippen LogP contribution in [-0.2, 0) is 0 Å². The Balaban J connectivity index is 0.000000853. The molecule has 0 aliphatic heterocycles. The molecule has 74 valence electrons. The maximum atomic E-state index is 2.20. The van der Waals surface area contributed by atoms with Gasteiger partial charge in [-0.2, -0.15) is 4.40 Å². The molecule has 0 bridgehead atoms. The predicted octanol–water partition coefficient (Wildman–Crippen LogP) is -0.417. The number of fused-ring (bicyclic) bond motifs is 3. The Hall–Kier alpha value is -1.60.